The van der Waals surface area contributed by atoms with E-state index in [0.717, 1.165) is 18.9 Å². The monoisotopic (exact) mass is 223 g/mol. The Balaban J connectivity index is 2.74. The number of rotatable bonds is 6. The first-order valence-corrected chi connectivity index (χ1v) is 5.09. The Labute approximate surface area is 95.0 Å². The van der Waals surface area contributed by atoms with Crippen LogP contribution < -0.4 is 10.6 Å². The van der Waals surface area contributed by atoms with E-state index >= 15 is 0 Å². The minimum Gasteiger partial charge on any atom is -0.383 e. The molecular weight excluding hydrogens is 206 g/mol. The molecular formula is C10H17N5O. The lowest BCUT2D eigenvalue weighted by molar-refractivity contribution is 0.205. The number of hydrogen-bond acceptors (Lipinski definition) is 5. The summed E-state index contributed by atoms with van der Waals surface area (Å²) in [5.74, 6) is 0.698. The molecule has 0 saturated carbocycles. The van der Waals surface area contributed by atoms with Crippen molar-refractivity contribution in [3.05, 3.63) is 18.1 Å². The van der Waals surface area contributed by atoms with Gasteiger partial charge in [0.15, 0.2) is 0 Å². The molecule has 0 atom stereocenters. The van der Waals surface area contributed by atoms with Gasteiger partial charge in [0.25, 0.3) is 0 Å². The van der Waals surface area contributed by atoms with Gasteiger partial charge in [0.2, 0.25) is 0 Å². The van der Waals surface area contributed by atoms with E-state index in [-0.39, 0.29) is 5.84 Å². The molecule has 88 valence electrons. The molecule has 0 saturated heterocycles. The summed E-state index contributed by atoms with van der Waals surface area (Å²) in [4.78, 5) is 10.3. The zero-order chi connectivity index (χ0) is 12.0. The molecule has 0 fully saturated rings. The van der Waals surface area contributed by atoms with Gasteiger partial charge < -0.3 is 15.4 Å². The second-order valence-corrected chi connectivity index (χ2v) is 3.25. The fraction of sp³-hybridized carbons (Fsp3) is 0.500. The number of nitrogens with zero attached hydrogens (tertiary/aromatic N) is 3. The lowest BCUT2D eigenvalue weighted by atomic mass is 10.4. The Hall–Kier alpha value is -1.69. The SMILES string of the molecule is CCN(CCOC)c1cnc(C(=N)N)cn1. The summed E-state index contributed by atoms with van der Waals surface area (Å²) in [6, 6.07) is 0. The highest BCUT2D eigenvalue weighted by molar-refractivity contribution is 5.92. The quantitative estimate of drug-likeness (QED) is 0.532. The molecule has 6 nitrogen and oxygen atoms in total. The summed E-state index contributed by atoms with van der Waals surface area (Å²) in [5.41, 5.74) is 5.69. The van der Waals surface area contributed by atoms with E-state index in [4.69, 9.17) is 15.9 Å². The van der Waals surface area contributed by atoms with E-state index in [9.17, 15) is 0 Å². The number of ether oxygens (including phenoxy) is 1. The van der Waals surface area contributed by atoms with Crippen LogP contribution >= 0.6 is 0 Å². The summed E-state index contributed by atoms with van der Waals surface area (Å²) in [6.07, 6.45) is 3.13. The maximum absolute atomic E-state index is 7.21. The molecule has 1 rings (SSSR count). The Morgan fingerprint density at radius 1 is 1.50 bits per heavy atom. The lowest BCUT2D eigenvalue weighted by Gasteiger charge is -2.20. The van der Waals surface area contributed by atoms with Crippen LogP contribution in [0.15, 0.2) is 12.4 Å². The third kappa shape index (κ3) is 3.16. The molecule has 0 aliphatic carbocycles. The van der Waals surface area contributed by atoms with Gasteiger partial charge in [-0.25, -0.2) is 9.97 Å². The second kappa shape index (κ2) is 6.02. The predicted octanol–water partition coefficient (Wildman–Crippen LogP) is 0.233. The van der Waals surface area contributed by atoms with Crippen LogP contribution in [0, 0.1) is 5.41 Å². The third-order valence-electron chi connectivity index (χ3n) is 2.19. The lowest BCUT2D eigenvalue weighted by Crippen LogP contribution is -2.28. The summed E-state index contributed by atoms with van der Waals surface area (Å²) in [6.45, 7) is 4.28. The van der Waals surface area contributed by atoms with Crippen LogP contribution in [0.5, 0.6) is 0 Å². The molecule has 0 aromatic carbocycles. The minimum atomic E-state index is -0.0704. The summed E-state index contributed by atoms with van der Waals surface area (Å²) < 4.78 is 5.01. The smallest absolute Gasteiger partial charge is 0.147 e. The second-order valence-electron chi connectivity index (χ2n) is 3.25. The van der Waals surface area contributed by atoms with E-state index in [1.54, 1.807) is 13.3 Å². The van der Waals surface area contributed by atoms with Crippen molar-refractivity contribution in [2.45, 2.75) is 6.92 Å². The van der Waals surface area contributed by atoms with Crippen molar-refractivity contribution < 1.29 is 4.74 Å². The standard InChI is InChI=1S/C10H17N5O/c1-3-15(4-5-16-2)9-7-13-8(6-14-9)10(11)12/h6-7H,3-5H2,1-2H3,(H3,11,12). The van der Waals surface area contributed by atoms with Crippen LogP contribution in [0.3, 0.4) is 0 Å². The van der Waals surface area contributed by atoms with Crippen molar-refractivity contribution >= 4 is 11.7 Å². The molecule has 1 aromatic rings. The van der Waals surface area contributed by atoms with Crippen molar-refractivity contribution in [2.75, 3.05) is 31.7 Å². The summed E-state index contributed by atoms with van der Waals surface area (Å²) in [5, 5.41) is 7.21. The average molecular weight is 223 g/mol. The van der Waals surface area contributed by atoms with Gasteiger partial charge in [-0.15, -0.1) is 0 Å². The molecule has 1 heterocycles. The van der Waals surface area contributed by atoms with Gasteiger partial charge >= 0.3 is 0 Å². The van der Waals surface area contributed by atoms with Crippen molar-refractivity contribution in [1.82, 2.24) is 9.97 Å². The van der Waals surface area contributed by atoms with Crippen LogP contribution in [-0.2, 0) is 4.74 Å². The van der Waals surface area contributed by atoms with Gasteiger partial charge in [-0.05, 0) is 6.92 Å². The Morgan fingerprint density at radius 2 is 2.25 bits per heavy atom. The largest absolute Gasteiger partial charge is 0.383 e. The molecule has 0 radical (unpaired) electrons. The number of hydrogen-bond donors (Lipinski definition) is 2. The average Bonchev–Trinajstić information content (AvgIpc) is 2.30. The molecule has 0 spiro atoms. The first-order valence-electron chi connectivity index (χ1n) is 5.09. The van der Waals surface area contributed by atoms with Gasteiger partial charge in [-0.3, -0.25) is 5.41 Å². The Kier molecular flexibility index (Phi) is 4.65. The Morgan fingerprint density at radius 3 is 2.69 bits per heavy atom. The molecule has 0 unspecified atom stereocenters. The van der Waals surface area contributed by atoms with Gasteiger partial charge in [0.05, 0.1) is 19.0 Å². The molecule has 0 amide bonds. The molecule has 16 heavy (non-hydrogen) atoms. The summed E-state index contributed by atoms with van der Waals surface area (Å²) >= 11 is 0. The number of methoxy groups -OCH3 is 1. The zero-order valence-electron chi connectivity index (χ0n) is 9.60. The van der Waals surface area contributed by atoms with E-state index in [1.165, 1.54) is 6.20 Å². The van der Waals surface area contributed by atoms with Crippen molar-refractivity contribution in [3.8, 4) is 0 Å². The number of anilines is 1. The number of likely N-dealkylation sites (N-methyl/N-ethyl adjacent to an activating group) is 1. The zero-order valence-corrected chi connectivity index (χ0v) is 9.60. The molecule has 0 aliphatic rings. The molecule has 1 aromatic heterocycles. The molecule has 6 heteroatoms. The van der Waals surface area contributed by atoms with Gasteiger partial charge in [0.1, 0.15) is 17.3 Å². The fourth-order valence-electron chi connectivity index (χ4n) is 1.26. The maximum atomic E-state index is 7.21. The fourth-order valence-corrected chi connectivity index (χ4v) is 1.26. The maximum Gasteiger partial charge on any atom is 0.147 e. The van der Waals surface area contributed by atoms with Gasteiger partial charge in [0, 0.05) is 20.2 Å². The number of nitrogens with one attached hydrogen (secondary N) is 1. The first kappa shape index (κ1) is 12.4. The van der Waals surface area contributed by atoms with Crippen LogP contribution in [0.2, 0.25) is 0 Å². The van der Waals surface area contributed by atoms with E-state index in [2.05, 4.69) is 9.97 Å². The molecule has 0 bridgehead atoms. The van der Waals surface area contributed by atoms with E-state index in [1.807, 2.05) is 11.8 Å². The van der Waals surface area contributed by atoms with Gasteiger partial charge in [-0.2, -0.15) is 0 Å². The highest BCUT2D eigenvalue weighted by Gasteiger charge is 2.06. The number of amidine groups is 1. The number of aromatic nitrogens is 2. The third-order valence-corrected chi connectivity index (χ3v) is 2.19. The molecule has 3 N–H and O–H groups in total. The van der Waals surface area contributed by atoms with Crippen molar-refractivity contribution in [1.29, 1.82) is 5.41 Å². The normalized spacial score (nSPS) is 10.1. The van der Waals surface area contributed by atoms with Crippen molar-refractivity contribution in [2.24, 2.45) is 5.73 Å². The van der Waals surface area contributed by atoms with Crippen LogP contribution in [0.1, 0.15) is 12.6 Å². The van der Waals surface area contributed by atoms with Crippen LogP contribution in [0.4, 0.5) is 5.82 Å². The predicted molar refractivity (Wildman–Crippen MR) is 62.8 cm³/mol. The number of nitrogens with two attached hydrogens (primary N) is 1. The van der Waals surface area contributed by atoms with Crippen molar-refractivity contribution in [3.63, 3.8) is 0 Å². The topological polar surface area (TPSA) is 88.1 Å². The Bertz CT molecular complexity index is 338. The van der Waals surface area contributed by atoms with Gasteiger partial charge in [-0.1, -0.05) is 0 Å². The summed E-state index contributed by atoms with van der Waals surface area (Å²) in [7, 11) is 1.67. The van der Waals surface area contributed by atoms with Crippen LogP contribution in [0.25, 0.3) is 0 Å². The highest BCUT2D eigenvalue weighted by Crippen LogP contribution is 2.07. The van der Waals surface area contributed by atoms with Crippen LogP contribution in [-0.4, -0.2) is 42.6 Å². The highest BCUT2D eigenvalue weighted by atomic mass is 16.5. The number of nitrogen functional groups attached to an aromatic ring is 1. The minimum absolute atomic E-state index is 0.0704. The van der Waals surface area contributed by atoms with E-state index in [0.29, 0.717) is 12.3 Å². The first-order chi connectivity index (χ1) is 7.69. The van der Waals surface area contributed by atoms with E-state index < -0.39 is 0 Å². The molecule has 0 aliphatic heterocycles.